The predicted molar refractivity (Wildman–Crippen MR) is 301 cm³/mol. The van der Waals surface area contributed by atoms with Gasteiger partial charge in [-0.1, -0.05) is 18.2 Å². The Morgan fingerprint density at radius 1 is 0.321 bits per heavy atom. The van der Waals surface area contributed by atoms with Crippen LogP contribution in [0.1, 0.15) is 93.7 Å². The van der Waals surface area contributed by atoms with Gasteiger partial charge in [-0.2, -0.15) is 0 Å². The Hall–Kier alpha value is -8.46. The van der Waals surface area contributed by atoms with E-state index in [1.54, 1.807) is 18.2 Å². The van der Waals surface area contributed by atoms with E-state index in [0.29, 0.717) is 55.2 Å². The summed E-state index contributed by atoms with van der Waals surface area (Å²) < 4.78 is 0. The Morgan fingerprint density at radius 2 is 0.513 bits per heavy atom. The number of hydrogen-bond acceptors (Lipinski definition) is 15. The molecule has 36 N–H and O–H groups in total. The second-order valence-electron chi connectivity index (χ2n) is 18.0. The molecule has 1 rings (SSSR count). The van der Waals surface area contributed by atoms with Crippen molar-refractivity contribution < 1.29 is 28.8 Å². The van der Waals surface area contributed by atoms with E-state index in [0.717, 1.165) is 0 Å². The van der Waals surface area contributed by atoms with Crippen LogP contribution in [0.15, 0.2) is 48.2 Å². The highest BCUT2D eigenvalue weighted by molar-refractivity contribution is 5.91. The summed E-state index contributed by atoms with van der Waals surface area (Å²) in [5, 5.41) is 16.7. The number of nitrogens with one attached hydrogen (secondary N) is 6. The highest BCUT2D eigenvalue weighted by Crippen LogP contribution is 2.14. The predicted octanol–water partition coefficient (Wildman–Crippen LogP) is -8.71. The van der Waals surface area contributed by atoms with Gasteiger partial charge in [0.05, 0.1) is 18.1 Å². The Labute approximate surface area is 453 Å². The lowest BCUT2D eigenvalue weighted by Crippen LogP contribution is -2.51. The summed E-state index contributed by atoms with van der Waals surface area (Å²) in [5.41, 5.74) is 85.3. The lowest BCUT2D eigenvalue weighted by atomic mass is 10.0. The van der Waals surface area contributed by atoms with Gasteiger partial charge >= 0.3 is 0 Å². The number of rotatable bonds is 39. The molecule has 0 bridgehead atoms. The van der Waals surface area contributed by atoms with Crippen LogP contribution in [0.5, 0.6) is 0 Å². The molecule has 0 spiro atoms. The molecule has 0 aliphatic heterocycles. The van der Waals surface area contributed by atoms with Gasteiger partial charge in [0.15, 0.2) is 35.8 Å². The molecule has 0 radical (unpaired) electrons. The van der Waals surface area contributed by atoms with Crippen LogP contribution in [-0.2, 0) is 48.4 Å². The van der Waals surface area contributed by atoms with Crippen LogP contribution in [0, 0.1) is 0 Å². The summed E-state index contributed by atoms with van der Waals surface area (Å²) >= 11 is 0. The molecule has 78 heavy (non-hydrogen) atoms. The molecule has 438 valence electrons. The van der Waals surface area contributed by atoms with Crippen molar-refractivity contribution in [2.24, 2.45) is 116 Å². The van der Waals surface area contributed by atoms with Crippen molar-refractivity contribution in [3.8, 4) is 0 Å². The van der Waals surface area contributed by atoms with Crippen LogP contribution in [0.25, 0.3) is 0 Å². The van der Waals surface area contributed by atoms with Crippen LogP contribution in [0.4, 0.5) is 0 Å². The Balaban J connectivity index is 3.60. The maximum Gasteiger partial charge on any atom is 0.242 e. The summed E-state index contributed by atoms with van der Waals surface area (Å²) in [6.07, 6.45) is 3.11. The standard InChI is InChI=1S/C45H87N27O6/c46-28(7-1-13-61-40(49)50)34(73)70-31(10-4-16-64-43(55)56)37(76)67-22-25-19-26(23-68-38(77)32(11-5-17-65-44(57)58)71-35(74)29(47)8-2-14-62-41(51)52)21-27(20-25)24-69-39(78)33(12-6-18-66-45(59)60)72-36(75)30(48)9-3-15-63-42(53)54/h19-21,28-33H,1-18,22-24,46-48H2,(H,67,76)(H,68,77)(H,69,78)(H,70,73)(H,71,74)(H,72,75)(H4,49,50,61)(H4,51,52,62)(H4,53,54,63)(H4,55,56,64)(H4,57,58,65)(H4,59,60,66)/t28-,29-,30-,31-,32-,33-/m0/s1. The molecule has 6 atom stereocenters. The molecule has 0 saturated heterocycles. The van der Waals surface area contributed by atoms with Crippen LogP contribution in [0.2, 0.25) is 0 Å². The molecule has 0 aliphatic carbocycles. The second kappa shape index (κ2) is 38.1. The summed E-state index contributed by atoms with van der Waals surface area (Å²) in [4.78, 5) is 105. The first kappa shape index (κ1) is 67.6. The summed E-state index contributed by atoms with van der Waals surface area (Å²) in [6, 6.07) is -1.11. The molecule has 1 aromatic carbocycles. The number of carbonyl (C=O) groups excluding carboxylic acids is 6. The van der Waals surface area contributed by atoms with Gasteiger partial charge in [0, 0.05) is 58.9 Å². The number of nitrogens with two attached hydrogens (primary N) is 15. The van der Waals surface area contributed by atoms with Gasteiger partial charge in [0.2, 0.25) is 35.4 Å². The van der Waals surface area contributed by atoms with Crippen molar-refractivity contribution in [2.75, 3.05) is 39.3 Å². The third kappa shape index (κ3) is 32.1. The number of guanidine groups is 6. The third-order valence-electron chi connectivity index (χ3n) is 11.2. The zero-order valence-corrected chi connectivity index (χ0v) is 44.3. The number of carbonyl (C=O) groups is 6. The Bertz CT molecular complexity index is 1980. The minimum Gasteiger partial charge on any atom is -0.370 e. The summed E-state index contributed by atoms with van der Waals surface area (Å²) in [6.45, 7) is 0.893. The molecular weight excluding hydrogens is 1010 g/mol. The van der Waals surface area contributed by atoms with Gasteiger partial charge < -0.3 is 118 Å². The van der Waals surface area contributed by atoms with E-state index >= 15 is 0 Å². The van der Waals surface area contributed by atoms with E-state index in [1.165, 1.54) is 0 Å². The van der Waals surface area contributed by atoms with E-state index in [9.17, 15) is 28.8 Å². The number of amides is 6. The largest absolute Gasteiger partial charge is 0.370 e. The lowest BCUT2D eigenvalue weighted by Gasteiger charge is -2.22. The van der Waals surface area contributed by atoms with Crippen molar-refractivity contribution in [3.05, 3.63) is 34.9 Å². The van der Waals surface area contributed by atoms with Crippen molar-refractivity contribution in [3.63, 3.8) is 0 Å². The van der Waals surface area contributed by atoms with Crippen molar-refractivity contribution in [1.82, 2.24) is 31.9 Å². The average molecular weight is 1100 g/mol. The molecule has 0 aliphatic rings. The molecule has 33 nitrogen and oxygen atoms in total. The molecular formula is C45H87N27O6. The molecule has 1 aromatic rings. The zero-order chi connectivity index (χ0) is 58.6. The number of nitrogens with zero attached hydrogens (tertiary/aromatic N) is 6. The summed E-state index contributed by atoms with van der Waals surface area (Å²) in [7, 11) is 0. The zero-order valence-electron chi connectivity index (χ0n) is 44.3. The Morgan fingerprint density at radius 3 is 0.705 bits per heavy atom. The maximum absolute atomic E-state index is 13.9. The van der Waals surface area contributed by atoms with Crippen LogP contribution in [-0.4, -0.2) is 147 Å². The van der Waals surface area contributed by atoms with Gasteiger partial charge in [0.1, 0.15) is 18.1 Å². The van der Waals surface area contributed by atoms with E-state index in [4.69, 9.17) is 86.0 Å². The number of benzene rings is 1. The van der Waals surface area contributed by atoms with Gasteiger partial charge in [-0.05, 0) is 93.7 Å². The third-order valence-corrected chi connectivity index (χ3v) is 11.2. The van der Waals surface area contributed by atoms with E-state index in [2.05, 4.69) is 61.9 Å². The van der Waals surface area contributed by atoms with E-state index < -0.39 is 71.7 Å². The fourth-order valence-corrected chi connectivity index (χ4v) is 7.19. The first-order chi connectivity index (χ1) is 36.9. The summed E-state index contributed by atoms with van der Waals surface area (Å²) in [5.74, 6) is -4.26. The van der Waals surface area contributed by atoms with E-state index in [-0.39, 0.29) is 133 Å². The normalized spacial score (nSPS) is 13.0. The lowest BCUT2D eigenvalue weighted by molar-refractivity contribution is -0.130. The molecule has 0 heterocycles. The minimum absolute atomic E-state index is 0.105. The highest BCUT2D eigenvalue weighted by Gasteiger charge is 2.27. The molecule has 33 heteroatoms. The monoisotopic (exact) mass is 1100 g/mol. The smallest absolute Gasteiger partial charge is 0.242 e. The van der Waals surface area contributed by atoms with Crippen LogP contribution >= 0.6 is 0 Å². The fraction of sp³-hybridized carbons (Fsp3) is 0.600. The van der Waals surface area contributed by atoms with Gasteiger partial charge in [-0.25, -0.2) is 0 Å². The van der Waals surface area contributed by atoms with Gasteiger partial charge in [-0.3, -0.25) is 58.7 Å². The molecule has 0 saturated carbocycles. The minimum atomic E-state index is -1.08. The van der Waals surface area contributed by atoms with Crippen molar-refractivity contribution in [2.45, 2.75) is 133 Å². The molecule has 0 aromatic heterocycles. The quantitative estimate of drug-likeness (QED) is 0.0165. The topological polar surface area (TPSA) is 639 Å². The van der Waals surface area contributed by atoms with Gasteiger partial charge in [0.25, 0.3) is 0 Å². The maximum atomic E-state index is 13.9. The molecule has 0 unspecified atom stereocenters. The number of hydrogen-bond donors (Lipinski definition) is 21. The fourth-order valence-electron chi connectivity index (χ4n) is 7.19. The second-order valence-corrected chi connectivity index (χ2v) is 18.0. The highest BCUT2D eigenvalue weighted by atomic mass is 16.2. The molecule has 6 amide bonds. The van der Waals surface area contributed by atoms with E-state index in [1.807, 2.05) is 0 Å². The SMILES string of the molecule is NC(N)=NCCC[C@H](NC(=O)[C@@H](N)CCCN=C(N)N)C(=O)NCc1cc(CNC(=O)[C@H](CCCN=C(N)N)NC(=O)[C@@H](N)CCCN=C(N)N)cc(CNC(=O)[C@H](CCCN=C(N)N)NC(=O)[C@@H](N)CCCN=C(N)N)c1. The van der Waals surface area contributed by atoms with Gasteiger partial charge in [-0.15, -0.1) is 0 Å². The Kier molecular flexibility index (Phi) is 33.0. The number of aliphatic imine (C=N–C) groups is 6. The first-order valence-corrected chi connectivity index (χ1v) is 25.3. The van der Waals surface area contributed by atoms with Crippen LogP contribution in [0.3, 0.4) is 0 Å². The first-order valence-electron chi connectivity index (χ1n) is 25.3. The molecule has 0 fully saturated rings. The average Bonchev–Trinajstić information content (AvgIpc) is 3.37. The van der Waals surface area contributed by atoms with Crippen molar-refractivity contribution >= 4 is 71.2 Å². The van der Waals surface area contributed by atoms with Crippen molar-refractivity contribution in [1.29, 1.82) is 0 Å². The van der Waals surface area contributed by atoms with Crippen LogP contribution < -0.4 is 118 Å².